The van der Waals surface area contributed by atoms with Gasteiger partial charge in [0.1, 0.15) is 0 Å². The van der Waals surface area contributed by atoms with E-state index in [1.165, 1.54) is 19.7 Å². The molecule has 0 aromatic carbocycles. The molecule has 6 heteroatoms. The van der Waals surface area contributed by atoms with Crippen LogP contribution in [0.25, 0.3) is 0 Å². The first-order valence-electron chi connectivity index (χ1n) is 4.61. The maximum Gasteiger partial charge on any atom is 0.335 e. The van der Waals surface area contributed by atoms with Crippen LogP contribution in [0.5, 0.6) is 0 Å². The maximum atomic E-state index is 11.6. The molecule has 0 aromatic rings. The topological polar surface area (TPSA) is 61.8 Å². The average molecular weight is 236 g/mol. The fourth-order valence-corrected chi connectivity index (χ4v) is 1.91. The third-order valence-corrected chi connectivity index (χ3v) is 2.71. The van der Waals surface area contributed by atoms with Crippen molar-refractivity contribution in [3.8, 4) is 0 Å². The van der Waals surface area contributed by atoms with Crippen LogP contribution in [0.15, 0.2) is 12.7 Å². The molecule has 0 aliphatic rings. The molecular weight excluding hydrogens is 219 g/mol. The lowest BCUT2D eigenvalue weighted by molar-refractivity contribution is -0.150. The molecular formula is C9H17O5P. The molecule has 0 saturated carbocycles. The quantitative estimate of drug-likeness (QED) is 0.384. The van der Waals surface area contributed by atoms with Gasteiger partial charge in [0, 0.05) is 6.66 Å². The molecule has 0 radical (unpaired) electrons. The van der Waals surface area contributed by atoms with Crippen LogP contribution < -0.4 is 0 Å². The van der Waals surface area contributed by atoms with Crippen molar-refractivity contribution in [1.82, 2.24) is 0 Å². The zero-order valence-electron chi connectivity index (χ0n) is 9.26. The van der Waals surface area contributed by atoms with Gasteiger partial charge in [0.05, 0.1) is 13.2 Å². The van der Waals surface area contributed by atoms with Gasteiger partial charge in [-0.3, -0.25) is 9.09 Å². The summed E-state index contributed by atoms with van der Waals surface area (Å²) in [6, 6.07) is 0. The summed E-state index contributed by atoms with van der Waals surface area (Å²) in [6.45, 7) is 8.23. The van der Waals surface area contributed by atoms with E-state index in [1.807, 2.05) is 0 Å². The summed E-state index contributed by atoms with van der Waals surface area (Å²) in [5.74, 6) is -0.554. The van der Waals surface area contributed by atoms with Crippen LogP contribution in [-0.2, 0) is 23.1 Å². The molecule has 0 saturated heterocycles. The lowest BCUT2D eigenvalue weighted by Crippen LogP contribution is -2.22. The molecule has 5 nitrogen and oxygen atoms in total. The predicted octanol–water partition coefficient (Wildman–Crippen LogP) is 1.98. The van der Waals surface area contributed by atoms with Crippen LogP contribution in [0.1, 0.15) is 13.8 Å². The molecule has 0 aliphatic heterocycles. The third-order valence-electron chi connectivity index (χ3n) is 1.40. The molecule has 15 heavy (non-hydrogen) atoms. The first-order valence-corrected chi connectivity index (χ1v) is 6.60. The average Bonchev–Trinajstić information content (AvgIpc) is 2.14. The Bertz CT molecular complexity index is 263. The van der Waals surface area contributed by atoms with Crippen molar-refractivity contribution in [3.05, 3.63) is 12.7 Å². The van der Waals surface area contributed by atoms with Gasteiger partial charge in [0.15, 0.2) is 6.10 Å². The van der Waals surface area contributed by atoms with Crippen molar-refractivity contribution in [2.24, 2.45) is 0 Å². The largest absolute Gasteiger partial charge is 0.464 e. The number of carbonyl (C=O) groups is 1. The van der Waals surface area contributed by atoms with E-state index in [0.29, 0.717) is 0 Å². The second-order valence-electron chi connectivity index (χ2n) is 2.86. The molecule has 0 aliphatic carbocycles. The molecule has 0 spiro atoms. The van der Waals surface area contributed by atoms with E-state index in [-0.39, 0.29) is 13.2 Å². The minimum atomic E-state index is -3.21. The fraction of sp³-hybridized carbons (Fsp3) is 0.667. The Morgan fingerprint density at radius 3 is 2.67 bits per heavy atom. The van der Waals surface area contributed by atoms with E-state index in [1.54, 1.807) is 6.92 Å². The SMILES string of the molecule is C=CCOP(C)(=O)OC(C)C(=O)OCC. The van der Waals surface area contributed by atoms with Gasteiger partial charge in [-0.2, -0.15) is 0 Å². The van der Waals surface area contributed by atoms with Gasteiger partial charge < -0.3 is 9.26 Å². The van der Waals surface area contributed by atoms with Crippen molar-refractivity contribution < 1.29 is 23.1 Å². The fourth-order valence-electron chi connectivity index (χ4n) is 0.808. The Labute approximate surface area is 89.9 Å². The summed E-state index contributed by atoms with van der Waals surface area (Å²) in [7, 11) is -3.21. The molecule has 88 valence electrons. The van der Waals surface area contributed by atoms with Gasteiger partial charge in [0.2, 0.25) is 0 Å². The Morgan fingerprint density at radius 1 is 1.60 bits per heavy atom. The highest BCUT2D eigenvalue weighted by molar-refractivity contribution is 7.53. The van der Waals surface area contributed by atoms with Crippen molar-refractivity contribution >= 4 is 13.6 Å². The molecule has 0 rings (SSSR count). The first-order chi connectivity index (χ1) is 6.93. The minimum Gasteiger partial charge on any atom is -0.464 e. The van der Waals surface area contributed by atoms with Gasteiger partial charge in [-0.05, 0) is 13.8 Å². The Morgan fingerprint density at radius 2 is 2.20 bits per heavy atom. The van der Waals surface area contributed by atoms with E-state index in [9.17, 15) is 9.36 Å². The van der Waals surface area contributed by atoms with Crippen LogP contribution in [0.4, 0.5) is 0 Å². The molecule has 2 unspecified atom stereocenters. The molecule has 0 heterocycles. The monoisotopic (exact) mass is 236 g/mol. The Kier molecular flexibility index (Phi) is 6.48. The van der Waals surface area contributed by atoms with Gasteiger partial charge >= 0.3 is 13.6 Å². The van der Waals surface area contributed by atoms with Gasteiger partial charge in [-0.25, -0.2) is 4.79 Å². The molecule has 0 bridgehead atoms. The van der Waals surface area contributed by atoms with Crippen LogP contribution >= 0.6 is 7.60 Å². The molecule has 0 N–H and O–H groups in total. The highest BCUT2D eigenvalue weighted by Gasteiger charge is 2.25. The van der Waals surface area contributed by atoms with Crippen LogP contribution in [0.3, 0.4) is 0 Å². The van der Waals surface area contributed by atoms with Crippen molar-refractivity contribution in [3.63, 3.8) is 0 Å². The van der Waals surface area contributed by atoms with E-state index >= 15 is 0 Å². The lowest BCUT2D eigenvalue weighted by Gasteiger charge is -2.17. The van der Waals surface area contributed by atoms with Crippen molar-refractivity contribution in [1.29, 1.82) is 0 Å². The highest BCUT2D eigenvalue weighted by Crippen LogP contribution is 2.45. The van der Waals surface area contributed by atoms with Crippen molar-refractivity contribution in [2.45, 2.75) is 20.0 Å². The number of rotatable bonds is 7. The van der Waals surface area contributed by atoms with Crippen LogP contribution in [-0.4, -0.2) is 32.0 Å². The smallest absolute Gasteiger partial charge is 0.335 e. The number of hydrogen-bond donors (Lipinski definition) is 0. The molecule has 0 aromatic heterocycles. The van der Waals surface area contributed by atoms with E-state index < -0.39 is 19.7 Å². The van der Waals surface area contributed by atoms with E-state index in [2.05, 4.69) is 6.58 Å². The van der Waals surface area contributed by atoms with Gasteiger partial charge in [-0.15, -0.1) is 6.58 Å². The number of ether oxygens (including phenoxy) is 1. The Hall–Kier alpha value is -0.640. The zero-order chi connectivity index (χ0) is 11.9. The second-order valence-corrected chi connectivity index (χ2v) is 4.87. The van der Waals surface area contributed by atoms with Crippen LogP contribution in [0, 0.1) is 0 Å². The van der Waals surface area contributed by atoms with E-state index in [4.69, 9.17) is 13.8 Å². The van der Waals surface area contributed by atoms with Crippen molar-refractivity contribution in [2.75, 3.05) is 19.9 Å². The lowest BCUT2D eigenvalue weighted by atomic mass is 10.4. The van der Waals surface area contributed by atoms with Gasteiger partial charge in [0.25, 0.3) is 0 Å². The summed E-state index contributed by atoms with van der Waals surface area (Å²) in [5.41, 5.74) is 0. The van der Waals surface area contributed by atoms with E-state index in [0.717, 1.165) is 0 Å². The zero-order valence-corrected chi connectivity index (χ0v) is 10.2. The molecule has 0 amide bonds. The summed E-state index contributed by atoms with van der Waals surface area (Å²) in [4.78, 5) is 11.2. The number of hydrogen-bond acceptors (Lipinski definition) is 5. The molecule has 0 fully saturated rings. The summed E-state index contributed by atoms with van der Waals surface area (Å²) in [5, 5.41) is 0. The van der Waals surface area contributed by atoms with Gasteiger partial charge in [-0.1, -0.05) is 6.08 Å². The third kappa shape index (κ3) is 6.44. The summed E-state index contributed by atoms with van der Waals surface area (Å²) < 4.78 is 26.1. The molecule has 2 atom stereocenters. The Balaban J connectivity index is 4.13. The minimum absolute atomic E-state index is 0.114. The maximum absolute atomic E-state index is 11.6. The number of esters is 1. The number of carbonyl (C=O) groups excluding carboxylic acids is 1. The normalized spacial score (nSPS) is 16.5. The first kappa shape index (κ1) is 14.4. The summed E-state index contributed by atoms with van der Waals surface area (Å²) >= 11 is 0. The standard InChI is InChI=1S/C9H17O5P/c1-5-7-13-15(4,11)14-8(3)9(10)12-6-2/h5,8H,1,6-7H2,2-4H3. The van der Waals surface area contributed by atoms with Crippen LogP contribution in [0.2, 0.25) is 0 Å². The second kappa shape index (κ2) is 6.77. The summed E-state index contributed by atoms with van der Waals surface area (Å²) in [6.07, 6.45) is 0.555. The predicted molar refractivity (Wildman–Crippen MR) is 56.9 cm³/mol. The highest BCUT2D eigenvalue weighted by atomic mass is 31.2.